The minimum absolute atomic E-state index is 0.160. The van der Waals surface area contributed by atoms with Crippen molar-refractivity contribution >= 4 is 21.9 Å². The highest BCUT2D eigenvalue weighted by Crippen LogP contribution is 2.36. The van der Waals surface area contributed by atoms with Gasteiger partial charge in [0, 0.05) is 18.3 Å². The van der Waals surface area contributed by atoms with Crippen LogP contribution in [-0.4, -0.2) is 46.2 Å². The van der Waals surface area contributed by atoms with Gasteiger partial charge in [0.25, 0.3) is 0 Å². The highest BCUT2D eigenvalue weighted by molar-refractivity contribution is 9.10. The van der Waals surface area contributed by atoms with Gasteiger partial charge in [0.05, 0.1) is 10.0 Å². The fourth-order valence-corrected chi connectivity index (χ4v) is 3.69. The van der Waals surface area contributed by atoms with Crippen molar-refractivity contribution in [1.29, 1.82) is 0 Å². The van der Waals surface area contributed by atoms with Crippen LogP contribution in [0.1, 0.15) is 36.0 Å². The lowest BCUT2D eigenvalue weighted by molar-refractivity contribution is 0.0626. The van der Waals surface area contributed by atoms with Crippen molar-refractivity contribution in [3.05, 3.63) is 22.3 Å². The fraction of sp³-hybridized carbons (Fsp3) is 0.571. The first-order valence-corrected chi connectivity index (χ1v) is 7.61. The van der Waals surface area contributed by atoms with E-state index in [0.29, 0.717) is 22.4 Å². The number of carboxylic acid groups (broad SMARTS) is 1. The lowest BCUT2D eigenvalue weighted by atomic mass is 10.0. The molecule has 0 amide bonds. The smallest absolute Gasteiger partial charge is 0.337 e. The van der Waals surface area contributed by atoms with E-state index in [2.05, 4.69) is 32.9 Å². The summed E-state index contributed by atoms with van der Waals surface area (Å²) in [6, 6.07) is 2.75. The number of halogens is 1. The zero-order chi connectivity index (χ0) is 14.3. The van der Waals surface area contributed by atoms with Crippen LogP contribution in [-0.2, 0) is 0 Å². The molecule has 0 spiro atoms. The van der Waals surface area contributed by atoms with Crippen LogP contribution in [0.4, 0.5) is 0 Å². The third-order valence-corrected chi connectivity index (χ3v) is 4.96. The zero-order valence-corrected chi connectivity index (χ0v) is 12.8. The molecule has 2 fully saturated rings. The van der Waals surface area contributed by atoms with Gasteiger partial charge in [0.1, 0.15) is 6.10 Å². The maximum atomic E-state index is 10.9. The van der Waals surface area contributed by atoms with Crippen LogP contribution in [0.3, 0.4) is 0 Å². The summed E-state index contributed by atoms with van der Waals surface area (Å²) in [5.41, 5.74) is 0.160. The molecular weight excluding hydrogens is 324 g/mol. The largest absolute Gasteiger partial charge is 0.478 e. The number of nitrogens with zero attached hydrogens (tertiary/aromatic N) is 2. The minimum Gasteiger partial charge on any atom is -0.478 e. The maximum Gasteiger partial charge on any atom is 0.337 e. The molecule has 0 aliphatic carbocycles. The quantitative estimate of drug-likeness (QED) is 0.916. The van der Waals surface area contributed by atoms with Gasteiger partial charge < -0.3 is 14.7 Å². The summed E-state index contributed by atoms with van der Waals surface area (Å²) in [4.78, 5) is 17.5. The van der Waals surface area contributed by atoms with Crippen molar-refractivity contribution in [3.63, 3.8) is 0 Å². The second-order valence-electron chi connectivity index (χ2n) is 5.58. The Morgan fingerprint density at radius 3 is 2.65 bits per heavy atom. The van der Waals surface area contributed by atoms with Crippen LogP contribution >= 0.6 is 15.9 Å². The summed E-state index contributed by atoms with van der Waals surface area (Å²) in [5.74, 6) is -0.494. The molecule has 5 nitrogen and oxygen atoms in total. The van der Waals surface area contributed by atoms with Crippen molar-refractivity contribution in [2.45, 2.75) is 43.9 Å². The first kappa shape index (κ1) is 13.8. The number of carbonyl (C=O) groups is 1. The minimum atomic E-state index is -0.984. The summed E-state index contributed by atoms with van der Waals surface area (Å²) in [7, 11) is 2.19. The van der Waals surface area contributed by atoms with Crippen LogP contribution in [0.25, 0.3) is 0 Å². The standard InChI is InChI=1S/C14H17BrN2O3/c1-17-9-2-3-10(17)6-11(5-9)20-13-12(15)4-8(7-16-13)14(18)19/h4,7,9-11H,2-3,5-6H2,1H3,(H,18,19)/t9-,10+,11?. The van der Waals surface area contributed by atoms with E-state index < -0.39 is 5.97 Å². The maximum absolute atomic E-state index is 10.9. The summed E-state index contributed by atoms with van der Waals surface area (Å²) in [6.07, 6.45) is 6.03. The van der Waals surface area contributed by atoms with Crippen LogP contribution < -0.4 is 4.74 Å². The molecule has 1 aromatic rings. The Kier molecular flexibility index (Phi) is 3.69. The molecule has 1 aromatic heterocycles. The highest BCUT2D eigenvalue weighted by atomic mass is 79.9. The first-order chi connectivity index (χ1) is 9.54. The van der Waals surface area contributed by atoms with E-state index in [9.17, 15) is 4.79 Å². The number of hydrogen-bond acceptors (Lipinski definition) is 4. The van der Waals surface area contributed by atoms with E-state index >= 15 is 0 Å². The van der Waals surface area contributed by atoms with E-state index in [0.717, 1.165) is 12.8 Å². The molecule has 0 saturated carbocycles. The molecule has 3 rings (SSSR count). The Morgan fingerprint density at radius 1 is 1.45 bits per heavy atom. The first-order valence-electron chi connectivity index (χ1n) is 6.82. The molecule has 20 heavy (non-hydrogen) atoms. The Labute approximate surface area is 126 Å². The Hall–Kier alpha value is -1.14. The van der Waals surface area contributed by atoms with Gasteiger partial charge in [-0.15, -0.1) is 0 Å². The van der Waals surface area contributed by atoms with Crippen molar-refractivity contribution in [2.24, 2.45) is 0 Å². The summed E-state index contributed by atoms with van der Waals surface area (Å²) >= 11 is 3.34. The topological polar surface area (TPSA) is 62.7 Å². The molecule has 2 aliphatic heterocycles. The molecule has 0 aromatic carbocycles. The van der Waals surface area contributed by atoms with Crippen LogP contribution in [0.15, 0.2) is 16.7 Å². The predicted molar refractivity (Wildman–Crippen MR) is 77.1 cm³/mol. The number of ether oxygens (including phenoxy) is 1. The molecule has 3 atom stereocenters. The Bertz CT molecular complexity index is 523. The van der Waals surface area contributed by atoms with E-state index in [4.69, 9.17) is 9.84 Å². The summed E-state index contributed by atoms with van der Waals surface area (Å²) < 4.78 is 6.57. The molecule has 2 aliphatic rings. The van der Waals surface area contributed by atoms with Gasteiger partial charge in [0.15, 0.2) is 0 Å². The van der Waals surface area contributed by atoms with E-state index in [1.165, 1.54) is 25.1 Å². The Balaban J connectivity index is 1.71. The average Bonchev–Trinajstić information content (AvgIpc) is 2.64. The predicted octanol–water partition coefficient (Wildman–Crippen LogP) is 2.55. The van der Waals surface area contributed by atoms with Crippen molar-refractivity contribution in [1.82, 2.24) is 9.88 Å². The second kappa shape index (κ2) is 5.33. The van der Waals surface area contributed by atoms with Crippen molar-refractivity contribution < 1.29 is 14.6 Å². The molecule has 0 radical (unpaired) electrons. The lowest BCUT2D eigenvalue weighted by Crippen LogP contribution is -2.43. The number of aromatic carboxylic acids is 1. The van der Waals surface area contributed by atoms with Crippen molar-refractivity contribution in [3.8, 4) is 5.88 Å². The molecule has 3 heterocycles. The highest BCUT2D eigenvalue weighted by Gasteiger charge is 2.39. The van der Waals surface area contributed by atoms with Crippen LogP contribution in [0.5, 0.6) is 5.88 Å². The van der Waals surface area contributed by atoms with Gasteiger partial charge in [-0.25, -0.2) is 9.78 Å². The Morgan fingerprint density at radius 2 is 2.10 bits per heavy atom. The summed E-state index contributed by atoms with van der Waals surface area (Å²) in [6.45, 7) is 0. The summed E-state index contributed by atoms with van der Waals surface area (Å²) in [5, 5.41) is 8.92. The number of hydrogen-bond donors (Lipinski definition) is 1. The van der Waals surface area contributed by atoms with E-state index in [1.807, 2.05) is 0 Å². The number of pyridine rings is 1. The molecule has 2 bridgehead atoms. The number of rotatable bonds is 3. The number of piperidine rings is 1. The third kappa shape index (κ3) is 2.54. The number of aromatic nitrogens is 1. The van der Waals surface area contributed by atoms with Crippen LogP contribution in [0.2, 0.25) is 0 Å². The average molecular weight is 341 g/mol. The number of fused-ring (bicyclic) bond motifs is 2. The van der Waals surface area contributed by atoms with Crippen molar-refractivity contribution in [2.75, 3.05) is 7.05 Å². The van der Waals surface area contributed by atoms with E-state index in [-0.39, 0.29) is 11.7 Å². The normalized spacial score (nSPS) is 29.4. The molecule has 108 valence electrons. The lowest BCUT2D eigenvalue weighted by Gasteiger charge is -2.36. The SMILES string of the molecule is CN1[C@@H]2CC[C@H]1CC(Oc1ncc(C(=O)O)cc1Br)C2. The monoisotopic (exact) mass is 340 g/mol. The van der Waals surface area contributed by atoms with Gasteiger partial charge in [-0.2, -0.15) is 0 Å². The zero-order valence-electron chi connectivity index (χ0n) is 11.3. The molecule has 1 unspecified atom stereocenters. The van der Waals surface area contributed by atoms with Gasteiger partial charge in [0.2, 0.25) is 5.88 Å². The van der Waals surface area contributed by atoms with Crippen LogP contribution in [0, 0.1) is 0 Å². The van der Waals surface area contributed by atoms with E-state index in [1.54, 1.807) is 0 Å². The molecule has 6 heteroatoms. The molecule has 2 saturated heterocycles. The third-order valence-electron chi connectivity index (χ3n) is 4.39. The van der Waals surface area contributed by atoms with Gasteiger partial charge in [-0.05, 0) is 54.7 Å². The fourth-order valence-electron chi connectivity index (χ4n) is 3.24. The van der Waals surface area contributed by atoms with Gasteiger partial charge in [-0.3, -0.25) is 0 Å². The second-order valence-corrected chi connectivity index (χ2v) is 6.43. The van der Waals surface area contributed by atoms with Gasteiger partial charge >= 0.3 is 5.97 Å². The number of carboxylic acids is 1. The molecule has 1 N–H and O–H groups in total. The van der Waals surface area contributed by atoms with Gasteiger partial charge in [-0.1, -0.05) is 0 Å². The molecular formula is C14H17BrN2O3.